The van der Waals surface area contributed by atoms with E-state index in [-0.39, 0.29) is 41.9 Å². The van der Waals surface area contributed by atoms with E-state index in [1.807, 2.05) is 55.5 Å². The van der Waals surface area contributed by atoms with Gasteiger partial charge in [0, 0.05) is 24.6 Å². The Hall–Kier alpha value is -3.66. The van der Waals surface area contributed by atoms with Gasteiger partial charge in [0.25, 0.3) is 5.91 Å². The molecule has 2 heterocycles. The highest BCUT2D eigenvalue weighted by molar-refractivity contribution is 8.15. The highest BCUT2D eigenvalue weighted by Gasteiger charge is 2.42. The Kier molecular flexibility index (Phi) is 9.38. The van der Waals surface area contributed by atoms with Crippen LogP contribution in [-0.4, -0.2) is 58.1 Å². The number of fused-ring (bicyclic) bond motifs is 3. The first-order valence-corrected chi connectivity index (χ1v) is 15.3. The number of nitrogens with zero attached hydrogens (tertiary/aromatic N) is 3. The molecular weight excluding hydrogens is 538 g/mol. The number of benzene rings is 2. The summed E-state index contributed by atoms with van der Waals surface area (Å²) >= 11 is 1.31. The molecule has 9 nitrogen and oxygen atoms in total. The molecule has 41 heavy (non-hydrogen) atoms. The summed E-state index contributed by atoms with van der Waals surface area (Å²) in [7, 11) is 1.61. The molecule has 2 atom stereocenters. The van der Waals surface area contributed by atoms with Gasteiger partial charge in [-0.15, -0.1) is 0 Å². The molecule has 0 aromatic heterocycles. The molecule has 1 aliphatic carbocycles. The molecule has 3 aliphatic rings. The summed E-state index contributed by atoms with van der Waals surface area (Å²) in [4.78, 5) is 50.6. The number of rotatable bonds is 10. The SMILES string of the molecule is CC[C@H](SC1=Nc2ccccc2C2=N[C@H](CCC(=O)NCc3ccc(OC)cc3)C(=O)N12)C(=O)NC1CCCCC1. The minimum Gasteiger partial charge on any atom is -0.497 e. The van der Waals surface area contributed by atoms with Crippen LogP contribution >= 0.6 is 11.8 Å². The smallest absolute Gasteiger partial charge is 0.259 e. The molecule has 216 valence electrons. The van der Waals surface area contributed by atoms with E-state index in [2.05, 4.69) is 10.6 Å². The third kappa shape index (κ3) is 6.81. The number of methoxy groups -OCH3 is 1. The van der Waals surface area contributed by atoms with Crippen LogP contribution in [0.3, 0.4) is 0 Å². The lowest BCUT2D eigenvalue weighted by Gasteiger charge is -2.29. The van der Waals surface area contributed by atoms with Crippen molar-refractivity contribution in [2.24, 2.45) is 9.98 Å². The summed E-state index contributed by atoms with van der Waals surface area (Å²) in [6.07, 6.45) is 6.58. The van der Waals surface area contributed by atoms with Crippen LogP contribution in [0.5, 0.6) is 5.75 Å². The van der Waals surface area contributed by atoms with E-state index in [0.717, 1.165) is 48.2 Å². The van der Waals surface area contributed by atoms with Gasteiger partial charge in [-0.2, -0.15) is 0 Å². The summed E-state index contributed by atoms with van der Waals surface area (Å²) < 4.78 is 5.17. The summed E-state index contributed by atoms with van der Waals surface area (Å²) in [6, 6.07) is 14.6. The molecule has 0 unspecified atom stereocenters. The van der Waals surface area contributed by atoms with E-state index in [1.54, 1.807) is 12.0 Å². The molecule has 2 N–H and O–H groups in total. The van der Waals surface area contributed by atoms with Gasteiger partial charge < -0.3 is 15.4 Å². The second-order valence-corrected chi connectivity index (χ2v) is 11.7. The van der Waals surface area contributed by atoms with Gasteiger partial charge in [0.05, 0.1) is 18.0 Å². The van der Waals surface area contributed by atoms with Gasteiger partial charge in [-0.25, -0.2) is 9.89 Å². The Morgan fingerprint density at radius 3 is 2.59 bits per heavy atom. The molecule has 0 spiro atoms. The monoisotopic (exact) mass is 575 g/mol. The normalized spacial score (nSPS) is 19.0. The minimum absolute atomic E-state index is 0.0128. The first-order chi connectivity index (χ1) is 20.0. The number of hydrogen-bond acceptors (Lipinski definition) is 7. The average Bonchev–Trinajstić information content (AvgIpc) is 3.34. The predicted octanol–water partition coefficient (Wildman–Crippen LogP) is 4.71. The molecule has 2 aromatic rings. The topological polar surface area (TPSA) is 112 Å². The third-order valence-corrected chi connectivity index (χ3v) is 9.02. The van der Waals surface area contributed by atoms with E-state index in [1.165, 1.54) is 18.2 Å². The Bertz CT molecular complexity index is 1340. The van der Waals surface area contributed by atoms with Gasteiger partial charge in [0.1, 0.15) is 17.6 Å². The van der Waals surface area contributed by atoms with Crippen LogP contribution in [0.1, 0.15) is 69.4 Å². The fourth-order valence-electron chi connectivity index (χ4n) is 5.36. The number of nitrogens with one attached hydrogen (secondary N) is 2. The second kappa shape index (κ2) is 13.3. The van der Waals surface area contributed by atoms with E-state index in [9.17, 15) is 14.4 Å². The largest absolute Gasteiger partial charge is 0.497 e. The zero-order chi connectivity index (χ0) is 28.8. The Morgan fingerprint density at radius 1 is 1.10 bits per heavy atom. The van der Waals surface area contributed by atoms with E-state index in [0.29, 0.717) is 24.0 Å². The van der Waals surface area contributed by atoms with Crippen molar-refractivity contribution >= 4 is 46.2 Å². The van der Waals surface area contributed by atoms with E-state index >= 15 is 0 Å². The molecule has 2 aromatic carbocycles. The quantitative estimate of drug-likeness (QED) is 0.426. The summed E-state index contributed by atoms with van der Waals surface area (Å²) in [5, 5.41) is 6.22. The Balaban J connectivity index is 1.25. The number of ether oxygens (including phenoxy) is 1. The molecule has 3 amide bonds. The number of carbonyl (C=O) groups excluding carboxylic acids is 3. The Labute approximate surface area is 245 Å². The number of thioether (sulfide) groups is 1. The van der Waals surface area contributed by atoms with Gasteiger partial charge in [-0.05, 0) is 55.5 Å². The van der Waals surface area contributed by atoms with Crippen LogP contribution in [0.2, 0.25) is 0 Å². The first-order valence-electron chi connectivity index (χ1n) is 14.4. The van der Waals surface area contributed by atoms with Crippen molar-refractivity contribution in [1.29, 1.82) is 0 Å². The molecule has 5 rings (SSSR count). The average molecular weight is 576 g/mol. The van der Waals surface area contributed by atoms with Crippen LogP contribution in [0.25, 0.3) is 0 Å². The lowest BCUT2D eigenvalue weighted by Crippen LogP contribution is -2.45. The van der Waals surface area contributed by atoms with Crippen molar-refractivity contribution in [2.45, 2.75) is 82.2 Å². The molecule has 1 saturated carbocycles. The van der Waals surface area contributed by atoms with Gasteiger partial charge >= 0.3 is 0 Å². The highest BCUT2D eigenvalue weighted by Crippen LogP contribution is 2.36. The van der Waals surface area contributed by atoms with Gasteiger partial charge in [-0.3, -0.25) is 19.4 Å². The minimum atomic E-state index is -0.690. The van der Waals surface area contributed by atoms with Crippen LogP contribution in [-0.2, 0) is 20.9 Å². The number of carbonyl (C=O) groups is 3. The molecular formula is C31H37N5O4S. The van der Waals surface area contributed by atoms with Gasteiger partial charge in [0.15, 0.2) is 5.17 Å². The maximum absolute atomic E-state index is 13.6. The number of hydrogen-bond donors (Lipinski definition) is 2. The van der Waals surface area contributed by atoms with Crippen molar-refractivity contribution in [3.8, 4) is 5.75 Å². The molecule has 0 bridgehead atoms. The van der Waals surface area contributed by atoms with Crippen molar-refractivity contribution in [3.05, 3.63) is 59.7 Å². The van der Waals surface area contributed by atoms with Crippen LogP contribution in [0.4, 0.5) is 5.69 Å². The summed E-state index contributed by atoms with van der Waals surface area (Å²) in [5.41, 5.74) is 2.45. The standard InChI is InChI=1S/C31H37N5O4S/c1-3-26(29(38)33-21-9-5-4-6-10-21)41-31-35-24-12-8-7-11-23(24)28-34-25(30(39)36(28)31)17-18-27(37)32-19-20-13-15-22(40-2)16-14-20/h7-8,11-16,21,25-26H,3-6,9-10,17-19H2,1-2H3,(H,32,37)(H,33,38)/t25-,26+/m1/s1. The van der Waals surface area contributed by atoms with Crippen molar-refractivity contribution in [1.82, 2.24) is 15.5 Å². The summed E-state index contributed by atoms with van der Waals surface area (Å²) in [5.74, 6) is 0.919. The predicted molar refractivity (Wildman–Crippen MR) is 161 cm³/mol. The first kappa shape index (κ1) is 28.9. The lowest BCUT2D eigenvalue weighted by molar-refractivity contribution is -0.125. The number of aliphatic imine (C=N–C) groups is 2. The van der Waals surface area contributed by atoms with Gasteiger partial charge in [0.2, 0.25) is 11.8 Å². The maximum atomic E-state index is 13.6. The zero-order valence-corrected chi connectivity index (χ0v) is 24.4. The molecule has 2 aliphatic heterocycles. The van der Waals surface area contributed by atoms with Crippen molar-refractivity contribution in [2.75, 3.05) is 7.11 Å². The number of amides is 3. The lowest BCUT2D eigenvalue weighted by atomic mass is 9.95. The molecule has 10 heteroatoms. The molecule has 0 radical (unpaired) electrons. The van der Waals surface area contributed by atoms with Crippen LogP contribution < -0.4 is 15.4 Å². The zero-order valence-electron chi connectivity index (χ0n) is 23.6. The maximum Gasteiger partial charge on any atom is 0.259 e. The fraction of sp³-hybridized carbons (Fsp3) is 0.452. The molecule has 0 saturated heterocycles. The van der Waals surface area contributed by atoms with Crippen molar-refractivity contribution in [3.63, 3.8) is 0 Å². The highest BCUT2D eigenvalue weighted by atomic mass is 32.2. The number of amidine groups is 2. The Morgan fingerprint density at radius 2 is 1.85 bits per heavy atom. The second-order valence-electron chi connectivity index (χ2n) is 10.6. The fourth-order valence-corrected chi connectivity index (χ4v) is 6.39. The van der Waals surface area contributed by atoms with E-state index < -0.39 is 6.04 Å². The van der Waals surface area contributed by atoms with Gasteiger partial charge in [-0.1, -0.05) is 62.2 Å². The number of para-hydroxylation sites is 1. The van der Waals surface area contributed by atoms with Crippen LogP contribution in [0, 0.1) is 0 Å². The van der Waals surface area contributed by atoms with Crippen LogP contribution in [0.15, 0.2) is 58.5 Å². The van der Waals surface area contributed by atoms with Crippen molar-refractivity contribution < 1.29 is 19.1 Å². The summed E-state index contributed by atoms with van der Waals surface area (Å²) in [6.45, 7) is 2.37. The molecule has 1 fully saturated rings. The van der Waals surface area contributed by atoms with E-state index in [4.69, 9.17) is 14.7 Å². The third-order valence-electron chi connectivity index (χ3n) is 7.70.